The SMILES string of the molecule is COC(C)CN1CCN(C(C)CCOC(C)(C)CN2CCN(C)CC2)CC1. The van der Waals surface area contributed by atoms with Gasteiger partial charge in [-0.2, -0.15) is 0 Å². The first-order valence-corrected chi connectivity index (χ1v) is 10.8. The van der Waals surface area contributed by atoms with Crippen molar-refractivity contribution in [2.45, 2.75) is 51.9 Å². The smallest absolute Gasteiger partial charge is 0.0752 e. The zero-order valence-corrected chi connectivity index (χ0v) is 18.7. The Hall–Kier alpha value is -0.240. The normalized spacial score (nSPS) is 24.2. The first-order valence-electron chi connectivity index (χ1n) is 10.8. The number of piperazine rings is 2. The van der Waals surface area contributed by atoms with E-state index < -0.39 is 0 Å². The summed E-state index contributed by atoms with van der Waals surface area (Å²) in [5, 5.41) is 0. The number of rotatable bonds is 10. The highest BCUT2D eigenvalue weighted by Crippen LogP contribution is 2.16. The minimum atomic E-state index is -0.0649. The molecular formula is C21H44N4O2. The highest BCUT2D eigenvalue weighted by atomic mass is 16.5. The van der Waals surface area contributed by atoms with E-state index in [1.54, 1.807) is 7.11 Å². The van der Waals surface area contributed by atoms with E-state index in [-0.39, 0.29) is 5.60 Å². The molecule has 0 N–H and O–H groups in total. The Bertz CT molecular complexity index is 405. The van der Waals surface area contributed by atoms with Crippen molar-refractivity contribution in [2.75, 3.05) is 86.2 Å². The van der Waals surface area contributed by atoms with E-state index in [1.165, 1.54) is 13.1 Å². The van der Waals surface area contributed by atoms with Crippen LogP contribution in [0.5, 0.6) is 0 Å². The quantitative estimate of drug-likeness (QED) is 0.567. The monoisotopic (exact) mass is 384 g/mol. The third kappa shape index (κ3) is 8.34. The van der Waals surface area contributed by atoms with Gasteiger partial charge in [0.05, 0.1) is 11.7 Å². The molecule has 2 fully saturated rings. The van der Waals surface area contributed by atoms with Crippen molar-refractivity contribution >= 4 is 0 Å². The molecule has 6 heteroatoms. The Morgan fingerprint density at radius 1 is 0.889 bits per heavy atom. The summed E-state index contributed by atoms with van der Waals surface area (Å²) >= 11 is 0. The van der Waals surface area contributed by atoms with E-state index in [0.29, 0.717) is 12.1 Å². The second kappa shape index (κ2) is 11.1. The summed E-state index contributed by atoms with van der Waals surface area (Å²) in [7, 11) is 4.01. The van der Waals surface area contributed by atoms with Crippen LogP contribution in [0.25, 0.3) is 0 Å². The molecule has 2 saturated heterocycles. The van der Waals surface area contributed by atoms with Crippen LogP contribution in [0.3, 0.4) is 0 Å². The fourth-order valence-electron chi connectivity index (χ4n) is 4.10. The predicted molar refractivity (Wildman–Crippen MR) is 113 cm³/mol. The Morgan fingerprint density at radius 3 is 2.07 bits per heavy atom. The summed E-state index contributed by atoms with van der Waals surface area (Å²) in [6, 6.07) is 0.589. The lowest BCUT2D eigenvalue weighted by molar-refractivity contribution is -0.0534. The molecule has 2 unspecified atom stereocenters. The number of hydrogen-bond donors (Lipinski definition) is 0. The van der Waals surface area contributed by atoms with Gasteiger partial charge in [0.1, 0.15) is 0 Å². The van der Waals surface area contributed by atoms with Crippen LogP contribution in [0, 0.1) is 0 Å². The number of ether oxygens (including phenoxy) is 2. The van der Waals surface area contributed by atoms with Gasteiger partial charge in [-0.25, -0.2) is 0 Å². The molecule has 0 spiro atoms. The van der Waals surface area contributed by atoms with Gasteiger partial charge in [0.15, 0.2) is 0 Å². The van der Waals surface area contributed by atoms with Gasteiger partial charge in [0.25, 0.3) is 0 Å². The summed E-state index contributed by atoms with van der Waals surface area (Å²) in [6.07, 6.45) is 1.44. The molecule has 0 amide bonds. The Balaban J connectivity index is 1.61. The van der Waals surface area contributed by atoms with Gasteiger partial charge in [-0.3, -0.25) is 14.7 Å². The van der Waals surface area contributed by atoms with Gasteiger partial charge in [0.2, 0.25) is 0 Å². The molecule has 6 nitrogen and oxygen atoms in total. The van der Waals surface area contributed by atoms with Crippen LogP contribution < -0.4 is 0 Å². The molecule has 0 bridgehead atoms. The van der Waals surface area contributed by atoms with E-state index in [1.807, 2.05) is 0 Å². The van der Waals surface area contributed by atoms with E-state index in [0.717, 1.165) is 65.4 Å². The lowest BCUT2D eigenvalue weighted by atomic mass is 10.1. The molecule has 160 valence electrons. The van der Waals surface area contributed by atoms with Crippen molar-refractivity contribution in [2.24, 2.45) is 0 Å². The molecule has 2 aliphatic rings. The summed E-state index contributed by atoms with van der Waals surface area (Å²) in [4.78, 5) is 10.1. The van der Waals surface area contributed by atoms with Crippen molar-refractivity contribution in [1.82, 2.24) is 19.6 Å². The van der Waals surface area contributed by atoms with E-state index >= 15 is 0 Å². The second-order valence-corrected chi connectivity index (χ2v) is 9.21. The van der Waals surface area contributed by atoms with Gasteiger partial charge in [-0.05, 0) is 41.2 Å². The highest BCUT2D eigenvalue weighted by Gasteiger charge is 2.26. The van der Waals surface area contributed by atoms with Crippen LogP contribution in [0.1, 0.15) is 34.1 Å². The molecule has 27 heavy (non-hydrogen) atoms. The van der Waals surface area contributed by atoms with Crippen molar-refractivity contribution in [1.29, 1.82) is 0 Å². The summed E-state index contributed by atoms with van der Waals surface area (Å²) in [5.74, 6) is 0. The third-order valence-corrected chi connectivity index (χ3v) is 6.18. The topological polar surface area (TPSA) is 31.4 Å². The van der Waals surface area contributed by atoms with Crippen LogP contribution in [0.15, 0.2) is 0 Å². The summed E-state index contributed by atoms with van der Waals surface area (Å²) in [6.45, 7) is 21.2. The maximum Gasteiger partial charge on any atom is 0.0752 e. The summed E-state index contributed by atoms with van der Waals surface area (Å²) < 4.78 is 11.7. The second-order valence-electron chi connectivity index (χ2n) is 9.21. The molecule has 0 aliphatic carbocycles. The maximum absolute atomic E-state index is 6.30. The zero-order chi connectivity index (χ0) is 19.9. The Kier molecular flexibility index (Phi) is 9.45. The largest absolute Gasteiger partial charge is 0.380 e. The van der Waals surface area contributed by atoms with Crippen molar-refractivity contribution in [3.8, 4) is 0 Å². The van der Waals surface area contributed by atoms with Crippen LogP contribution in [0.4, 0.5) is 0 Å². The Morgan fingerprint density at radius 2 is 1.48 bits per heavy atom. The van der Waals surface area contributed by atoms with Crippen LogP contribution in [0.2, 0.25) is 0 Å². The van der Waals surface area contributed by atoms with Crippen molar-refractivity contribution < 1.29 is 9.47 Å². The summed E-state index contributed by atoms with van der Waals surface area (Å²) in [5.41, 5.74) is -0.0649. The maximum atomic E-state index is 6.30. The molecule has 0 aromatic carbocycles. The minimum absolute atomic E-state index is 0.0649. The molecule has 2 rings (SSSR count). The van der Waals surface area contributed by atoms with Crippen molar-refractivity contribution in [3.05, 3.63) is 0 Å². The lowest BCUT2D eigenvalue weighted by Gasteiger charge is -2.40. The predicted octanol–water partition coefficient (Wildman–Crippen LogP) is 1.46. The molecule has 0 radical (unpaired) electrons. The van der Waals surface area contributed by atoms with Gasteiger partial charge < -0.3 is 14.4 Å². The van der Waals surface area contributed by atoms with Crippen LogP contribution in [-0.4, -0.2) is 124 Å². The van der Waals surface area contributed by atoms with Gasteiger partial charge in [-0.15, -0.1) is 0 Å². The van der Waals surface area contributed by atoms with E-state index in [9.17, 15) is 0 Å². The van der Waals surface area contributed by atoms with E-state index in [4.69, 9.17) is 9.47 Å². The number of likely N-dealkylation sites (N-methyl/N-ethyl adjacent to an activating group) is 1. The molecule has 2 heterocycles. The lowest BCUT2D eigenvalue weighted by Crippen LogP contribution is -2.51. The van der Waals surface area contributed by atoms with E-state index in [2.05, 4.69) is 54.3 Å². The molecular weight excluding hydrogens is 340 g/mol. The van der Waals surface area contributed by atoms with Gasteiger partial charge in [-0.1, -0.05) is 0 Å². The van der Waals surface area contributed by atoms with Crippen LogP contribution >= 0.6 is 0 Å². The molecule has 2 atom stereocenters. The first-order chi connectivity index (χ1) is 12.8. The fourth-order valence-corrected chi connectivity index (χ4v) is 4.10. The first kappa shape index (κ1) is 23.0. The Labute approximate surface area is 167 Å². The standard InChI is InChI=1S/C21H44N4O2/c1-19(25-14-12-23(13-15-25)17-20(2)26-6)7-16-27-21(3,4)18-24-10-8-22(5)9-11-24/h19-20H,7-18H2,1-6H3. The van der Waals surface area contributed by atoms with Crippen LogP contribution in [-0.2, 0) is 9.47 Å². The number of hydrogen-bond acceptors (Lipinski definition) is 6. The van der Waals surface area contributed by atoms with Gasteiger partial charge in [0, 0.05) is 85.2 Å². The zero-order valence-electron chi connectivity index (χ0n) is 18.7. The average molecular weight is 385 g/mol. The minimum Gasteiger partial charge on any atom is -0.380 e. The number of methoxy groups -OCH3 is 1. The average Bonchev–Trinajstić information content (AvgIpc) is 2.63. The molecule has 0 aromatic rings. The highest BCUT2D eigenvalue weighted by molar-refractivity contribution is 4.80. The third-order valence-electron chi connectivity index (χ3n) is 6.18. The fraction of sp³-hybridized carbons (Fsp3) is 1.00. The number of nitrogens with zero attached hydrogens (tertiary/aromatic N) is 4. The van der Waals surface area contributed by atoms with Gasteiger partial charge >= 0.3 is 0 Å². The van der Waals surface area contributed by atoms with Crippen molar-refractivity contribution in [3.63, 3.8) is 0 Å². The molecule has 2 aliphatic heterocycles. The molecule has 0 aromatic heterocycles. The molecule has 0 saturated carbocycles.